The number of aliphatic hydroxyl groups is 1. The third kappa shape index (κ3) is 7.30. The molecule has 1 atom stereocenters. The zero-order chi connectivity index (χ0) is 11.0. The van der Waals surface area contributed by atoms with Crippen LogP contribution in [-0.4, -0.2) is 37.5 Å². The maximum Gasteiger partial charge on any atom is 0.0616 e. The monoisotopic (exact) mass is 203 g/mol. The van der Waals surface area contributed by atoms with E-state index in [9.17, 15) is 0 Å². The molecule has 0 bridgehead atoms. The van der Waals surface area contributed by atoms with Crippen LogP contribution < -0.4 is 5.32 Å². The first-order chi connectivity index (χ1) is 6.52. The number of aliphatic hydroxyl groups excluding tert-OH is 1. The zero-order valence-electron chi connectivity index (χ0n) is 9.97. The highest BCUT2D eigenvalue weighted by Gasteiger charge is 2.17. The molecule has 0 aromatic heterocycles. The molecule has 0 amide bonds. The van der Waals surface area contributed by atoms with Crippen molar-refractivity contribution in [2.24, 2.45) is 5.41 Å². The summed E-state index contributed by atoms with van der Waals surface area (Å²) in [6.45, 7) is 11.1. The molecule has 0 saturated heterocycles. The van der Waals surface area contributed by atoms with E-state index in [0.717, 1.165) is 26.2 Å². The number of ether oxygens (including phenoxy) is 1. The fraction of sp³-hybridized carbons (Fsp3) is 1.00. The van der Waals surface area contributed by atoms with Crippen LogP contribution in [0, 0.1) is 5.41 Å². The Labute approximate surface area is 87.8 Å². The third-order valence-corrected chi connectivity index (χ3v) is 2.29. The summed E-state index contributed by atoms with van der Waals surface area (Å²) in [7, 11) is 0. The normalized spacial score (nSPS) is 14.4. The van der Waals surface area contributed by atoms with Gasteiger partial charge in [0.1, 0.15) is 0 Å². The lowest BCUT2D eigenvalue weighted by Gasteiger charge is -2.26. The Kier molecular flexibility index (Phi) is 7.15. The molecule has 14 heavy (non-hydrogen) atoms. The van der Waals surface area contributed by atoms with Crippen molar-refractivity contribution in [1.82, 2.24) is 5.32 Å². The molecular weight excluding hydrogens is 178 g/mol. The second-order valence-electron chi connectivity index (χ2n) is 4.58. The van der Waals surface area contributed by atoms with Gasteiger partial charge >= 0.3 is 0 Å². The molecule has 86 valence electrons. The molecule has 0 spiro atoms. The van der Waals surface area contributed by atoms with Gasteiger partial charge in [-0.2, -0.15) is 0 Å². The number of rotatable bonds is 8. The lowest BCUT2D eigenvalue weighted by Crippen LogP contribution is -2.38. The molecule has 2 N–H and O–H groups in total. The van der Waals surface area contributed by atoms with E-state index in [1.165, 1.54) is 0 Å². The fourth-order valence-corrected chi connectivity index (χ4v) is 1.20. The number of nitrogens with one attached hydrogen (secondary N) is 1. The molecule has 0 radical (unpaired) electrons. The summed E-state index contributed by atoms with van der Waals surface area (Å²) < 4.78 is 5.31. The first-order valence-electron chi connectivity index (χ1n) is 5.44. The predicted molar refractivity (Wildman–Crippen MR) is 59.4 cm³/mol. The quantitative estimate of drug-likeness (QED) is 0.627. The Morgan fingerprint density at radius 3 is 2.57 bits per heavy atom. The van der Waals surface area contributed by atoms with Gasteiger partial charge in [0.05, 0.1) is 6.61 Å². The Balaban J connectivity index is 3.58. The Morgan fingerprint density at radius 2 is 2.07 bits per heavy atom. The smallest absolute Gasteiger partial charge is 0.0616 e. The lowest BCUT2D eigenvalue weighted by atomic mass is 9.89. The topological polar surface area (TPSA) is 41.5 Å². The first kappa shape index (κ1) is 13.9. The van der Waals surface area contributed by atoms with Gasteiger partial charge in [0.2, 0.25) is 0 Å². The van der Waals surface area contributed by atoms with Gasteiger partial charge in [-0.1, -0.05) is 13.8 Å². The molecule has 0 aliphatic rings. The van der Waals surface area contributed by atoms with Gasteiger partial charge in [0.15, 0.2) is 0 Å². The first-order valence-corrected chi connectivity index (χ1v) is 5.44. The van der Waals surface area contributed by atoms with Gasteiger partial charge in [-0.05, 0) is 25.7 Å². The molecule has 0 heterocycles. The van der Waals surface area contributed by atoms with E-state index in [2.05, 4.69) is 26.1 Å². The molecule has 0 saturated carbocycles. The average molecular weight is 203 g/mol. The van der Waals surface area contributed by atoms with Gasteiger partial charge in [0, 0.05) is 25.8 Å². The van der Waals surface area contributed by atoms with Crippen LogP contribution in [0.25, 0.3) is 0 Å². The van der Waals surface area contributed by atoms with E-state index < -0.39 is 0 Å². The molecule has 0 aromatic rings. The van der Waals surface area contributed by atoms with Crippen molar-refractivity contribution >= 4 is 0 Å². The SMILES string of the molecule is CCOCC(C)NCC(C)(C)CCO. The van der Waals surface area contributed by atoms with Crippen molar-refractivity contribution in [1.29, 1.82) is 0 Å². The zero-order valence-corrected chi connectivity index (χ0v) is 9.97. The fourth-order valence-electron chi connectivity index (χ4n) is 1.20. The minimum atomic E-state index is 0.162. The van der Waals surface area contributed by atoms with E-state index >= 15 is 0 Å². The molecular formula is C11H25NO2. The summed E-state index contributed by atoms with van der Waals surface area (Å²) in [5.41, 5.74) is 0.162. The second-order valence-corrected chi connectivity index (χ2v) is 4.58. The van der Waals surface area contributed by atoms with Crippen molar-refractivity contribution in [3.63, 3.8) is 0 Å². The number of hydrogen-bond donors (Lipinski definition) is 2. The molecule has 0 fully saturated rings. The highest BCUT2D eigenvalue weighted by atomic mass is 16.5. The van der Waals surface area contributed by atoms with Gasteiger partial charge < -0.3 is 15.2 Å². The highest BCUT2D eigenvalue weighted by Crippen LogP contribution is 2.18. The molecule has 0 aliphatic carbocycles. The van der Waals surface area contributed by atoms with Crippen LogP contribution in [0.5, 0.6) is 0 Å². The van der Waals surface area contributed by atoms with Gasteiger partial charge in [0.25, 0.3) is 0 Å². The maximum absolute atomic E-state index is 8.86. The lowest BCUT2D eigenvalue weighted by molar-refractivity contribution is 0.120. The summed E-state index contributed by atoms with van der Waals surface area (Å²) in [5.74, 6) is 0. The van der Waals surface area contributed by atoms with Crippen LogP contribution in [0.3, 0.4) is 0 Å². The van der Waals surface area contributed by atoms with Crippen molar-refractivity contribution in [2.75, 3.05) is 26.4 Å². The van der Waals surface area contributed by atoms with E-state index in [1.54, 1.807) is 0 Å². The molecule has 0 aliphatic heterocycles. The molecule has 0 aromatic carbocycles. The Morgan fingerprint density at radius 1 is 1.43 bits per heavy atom. The van der Waals surface area contributed by atoms with E-state index in [0.29, 0.717) is 6.04 Å². The number of hydrogen-bond acceptors (Lipinski definition) is 3. The van der Waals surface area contributed by atoms with Gasteiger partial charge in [-0.3, -0.25) is 0 Å². The molecule has 3 nitrogen and oxygen atoms in total. The molecule has 1 unspecified atom stereocenters. The molecule has 3 heteroatoms. The van der Waals surface area contributed by atoms with E-state index in [1.807, 2.05) is 6.92 Å². The van der Waals surface area contributed by atoms with Crippen LogP contribution >= 0.6 is 0 Å². The van der Waals surface area contributed by atoms with Crippen molar-refractivity contribution in [3.05, 3.63) is 0 Å². The van der Waals surface area contributed by atoms with E-state index in [-0.39, 0.29) is 12.0 Å². The third-order valence-electron chi connectivity index (χ3n) is 2.29. The standard InChI is InChI=1S/C11H25NO2/c1-5-14-8-10(2)12-9-11(3,4)6-7-13/h10,12-13H,5-9H2,1-4H3. The van der Waals surface area contributed by atoms with Crippen LogP contribution in [0.15, 0.2) is 0 Å². The summed E-state index contributed by atoms with van der Waals surface area (Å²) >= 11 is 0. The highest BCUT2D eigenvalue weighted by molar-refractivity contribution is 4.73. The van der Waals surface area contributed by atoms with Crippen molar-refractivity contribution < 1.29 is 9.84 Å². The summed E-state index contributed by atoms with van der Waals surface area (Å²) in [4.78, 5) is 0. The Hall–Kier alpha value is -0.120. The molecule has 0 rings (SSSR count). The van der Waals surface area contributed by atoms with Crippen LogP contribution in [0.1, 0.15) is 34.1 Å². The summed E-state index contributed by atoms with van der Waals surface area (Å²) in [6.07, 6.45) is 0.835. The predicted octanol–water partition coefficient (Wildman–Crippen LogP) is 1.41. The van der Waals surface area contributed by atoms with Gasteiger partial charge in [-0.25, -0.2) is 0 Å². The minimum Gasteiger partial charge on any atom is -0.396 e. The van der Waals surface area contributed by atoms with E-state index in [4.69, 9.17) is 9.84 Å². The van der Waals surface area contributed by atoms with Crippen LogP contribution in [-0.2, 0) is 4.74 Å². The minimum absolute atomic E-state index is 0.162. The van der Waals surface area contributed by atoms with Crippen molar-refractivity contribution in [3.8, 4) is 0 Å². The maximum atomic E-state index is 8.86. The Bertz CT molecular complexity index is 137. The summed E-state index contributed by atoms with van der Waals surface area (Å²) in [5, 5.41) is 12.3. The largest absolute Gasteiger partial charge is 0.396 e. The van der Waals surface area contributed by atoms with Crippen LogP contribution in [0.4, 0.5) is 0 Å². The van der Waals surface area contributed by atoms with Gasteiger partial charge in [-0.15, -0.1) is 0 Å². The van der Waals surface area contributed by atoms with Crippen LogP contribution in [0.2, 0.25) is 0 Å². The average Bonchev–Trinajstić information content (AvgIpc) is 2.11. The van der Waals surface area contributed by atoms with Crippen molar-refractivity contribution in [2.45, 2.75) is 40.2 Å². The second kappa shape index (κ2) is 7.21. The summed E-state index contributed by atoms with van der Waals surface area (Å²) in [6, 6.07) is 0.382.